The van der Waals surface area contributed by atoms with Crippen molar-refractivity contribution in [1.82, 2.24) is 4.98 Å². The molecule has 1 N–H and O–H groups in total. The first kappa shape index (κ1) is 10.9. The number of anilines is 1. The maximum Gasteiger partial charge on any atom is 0.141 e. The minimum Gasteiger partial charge on any atom is -0.377 e. The van der Waals surface area contributed by atoms with Crippen LogP contribution in [0.2, 0.25) is 0 Å². The SMILES string of the molecule is CCOC(C)CNc1ccc(F)cn1. The molecule has 14 heavy (non-hydrogen) atoms. The summed E-state index contributed by atoms with van der Waals surface area (Å²) in [5.74, 6) is 0.339. The Morgan fingerprint density at radius 3 is 2.93 bits per heavy atom. The second-order valence-electron chi connectivity index (χ2n) is 3.01. The number of ether oxygens (including phenoxy) is 1. The summed E-state index contributed by atoms with van der Waals surface area (Å²) in [7, 11) is 0. The van der Waals surface area contributed by atoms with E-state index >= 15 is 0 Å². The summed E-state index contributed by atoms with van der Waals surface area (Å²) in [5, 5.41) is 3.05. The number of halogens is 1. The van der Waals surface area contributed by atoms with Crippen LogP contribution >= 0.6 is 0 Å². The van der Waals surface area contributed by atoms with Gasteiger partial charge >= 0.3 is 0 Å². The quantitative estimate of drug-likeness (QED) is 0.786. The van der Waals surface area contributed by atoms with Gasteiger partial charge < -0.3 is 10.1 Å². The van der Waals surface area contributed by atoms with Gasteiger partial charge in [0.1, 0.15) is 11.6 Å². The van der Waals surface area contributed by atoms with Gasteiger partial charge in [-0.3, -0.25) is 0 Å². The summed E-state index contributed by atoms with van der Waals surface area (Å²) < 4.78 is 17.8. The zero-order valence-corrected chi connectivity index (χ0v) is 8.46. The third-order valence-electron chi connectivity index (χ3n) is 1.75. The molecule has 0 amide bonds. The number of nitrogens with zero attached hydrogens (tertiary/aromatic N) is 1. The van der Waals surface area contributed by atoms with Crippen molar-refractivity contribution in [2.75, 3.05) is 18.5 Å². The van der Waals surface area contributed by atoms with Gasteiger partial charge in [0, 0.05) is 13.2 Å². The molecular formula is C10H15FN2O. The number of rotatable bonds is 5. The minimum atomic E-state index is -0.326. The van der Waals surface area contributed by atoms with Crippen molar-refractivity contribution in [3.8, 4) is 0 Å². The van der Waals surface area contributed by atoms with Crippen LogP contribution in [0.1, 0.15) is 13.8 Å². The summed E-state index contributed by atoms with van der Waals surface area (Å²) in [4.78, 5) is 3.87. The van der Waals surface area contributed by atoms with E-state index < -0.39 is 0 Å². The molecule has 0 radical (unpaired) electrons. The van der Waals surface area contributed by atoms with Crippen molar-refractivity contribution in [2.45, 2.75) is 20.0 Å². The number of aromatic nitrogens is 1. The van der Waals surface area contributed by atoms with Crippen LogP contribution in [0.15, 0.2) is 18.3 Å². The monoisotopic (exact) mass is 198 g/mol. The summed E-state index contributed by atoms with van der Waals surface area (Å²) in [6.45, 7) is 5.29. The Kier molecular flexibility index (Phi) is 4.32. The highest BCUT2D eigenvalue weighted by molar-refractivity contribution is 5.33. The van der Waals surface area contributed by atoms with E-state index in [2.05, 4.69) is 10.3 Å². The van der Waals surface area contributed by atoms with Gasteiger partial charge in [-0.2, -0.15) is 0 Å². The van der Waals surface area contributed by atoms with Gasteiger partial charge in [0.15, 0.2) is 0 Å². The Morgan fingerprint density at radius 1 is 1.57 bits per heavy atom. The van der Waals surface area contributed by atoms with E-state index in [1.54, 1.807) is 6.07 Å². The fraction of sp³-hybridized carbons (Fsp3) is 0.500. The normalized spacial score (nSPS) is 12.5. The average Bonchev–Trinajstić information content (AvgIpc) is 2.17. The standard InChI is InChI=1S/C10H15FN2O/c1-3-14-8(2)6-12-10-5-4-9(11)7-13-10/h4-5,7-8H,3,6H2,1-2H3,(H,12,13). The number of nitrogens with one attached hydrogen (secondary N) is 1. The zero-order chi connectivity index (χ0) is 10.4. The third kappa shape index (κ3) is 3.70. The molecule has 3 nitrogen and oxygen atoms in total. The van der Waals surface area contributed by atoms with Gasteiger partial charge in [0.05, 0.1) is 12.3 Å². The maximum atomic E-state index is 12.5. The van der Waals surface area contributed by atoms with Gasteiger partial charge in [0.2, 0.25) is 0 Å². The van der Waals surface area contributed by atoms with E-state index in [9.17, 15) is 4.39 Å². The Morgan fingerprint density at radius 2 is 2.36 bits per heavy atom. The van der Waals surface area contributed by atoms with E-state index in [1.807, 2.05) is 13.8 Å². The highest BCUT2D eigenvalue weighted by Crippen LogP contribution is 2.03. The molecule has 0 aliphatic heterocycles. The molecule has 0 bridgehead atoms. The molecule has 0 aliphatic rings. The predicted molar refractivity (Wildman–Crippen MR) is 53.8 cm³/mol. The molecule has 0 saturated heterocycles. The minimum absolute atomic E-state index is 0.131. The fourth-order valence-corrected chi connectivity index (χ4v) is 1.07. The Hall–Kier alpha value is -1.16. The lowest BCUT2D eigenvalue weighted by Crippen LogP contribution is -2.20. The molecular weight excluding hydrogens is 183 g/mol. The van der Waals surface area contributed by atoms with Gasteiger partial charge in [0.25, 0.3) is 0 Å². The summed E-state index contributed by atoms with van der Waals surface area (Å²) >= 11 is 0. The molecule has 0 aromatic carbocycles. The molecule has 78 valence electrons. The van der Waals surface area contributed by atoms with Crippen LogP contribution in [0.5, 0.6) is 0 Å². The van der Waals surface area contributed by atoms with Gasteiger partial charge in [-0.05, 0) is 26.0 Å². The molecule has 0 saturated carbocycles. The zero-order valence-electron chi connectivity index (χ0n) is 8.46. The molecule has 0 aliphatic carbocycles. The second-order valence-corrected chi connectivity index (χ2v) is 3.01. The molecule has 0 spiro atoms. The molecule has 1 heterocycles. The van der Waals surface area contributed by atoms with Crippen LogP contribution in [0.25, 0.3) is 0 Å². The molecule has 1 aromatic heterocycles. The lowest BCUT2D eigenvalue weighted by atomic mass is 10.4. The summed E-state index contributed by atoms with van der Waals surface area (Å²) in [6.07, 6.45) is 1.32. The molecule has 0 fully saturated rings. The number of pyridine rings is 1. The van der Waals surface area contributed by atoms with Crippen LogP contribution in [0.3, 0.4) is 0 Å². The van der Waals surface area contributed by atoms with Crippen molar-refractivity contribution in [1.29, 1.82) is 0 Å². The van der Waals surface area contributed by atoms with Crippen molar-refractivity contribution in [3.05, 3.63) is 24.1 Å². The van der Waals surface area contributed by atoms with Gasteiger partial charge in [-0.25, -0.2) is 9.37 Å². The average molecular weight is 198 g/mol. The fourth-order valence-electron chi connectivity index (χ4n) is 1.07. The van der Waals surface area contributed by atoms with E-state index in [-0.39, 0.29) is 11.9 Å². The van der Waals surface area contributed by atoms with Crippen LogP contribution in [0.4, 0.5) is 10.2 Å². The number of hydrogen-bond donors (Lipinski definition) is 1. The van der Waals surface area contributed by atoms with E-state index in [1.165, 1.54) is 12.3 Å². The lowest BCUT2D eigenvalue weighted by Gasteiger charge is -2.12. The first-order valence-electron chi connectivity index (χ1n) is 4.69. The highest BCUT2D eigenvalue weighted by Gasteiger charge is 2.00. The largest absolute Gasteiger partial charge is 0.377 e. The summed E-state index contributed by atoms with van der Waals surface area (Å²) in [6, 6.07) is 2.98. The Balaban J connectivity index is 2.34. The first-order valence-corrected chi connectivity index (χ1v) is 4.69. The van der Waals surface area contributed by atoms with Crippen LogP contribution < -0.4 is 5.32 Å². The van der Waals surface area contributed by atoms with Crippen molar-refractivity contribution < 1.29 is 9.13 Å². The van der Waals surface area contributed by atoms with E-state index in [4.69, 9.17) is 4.74 Å². The van der Waals surface area contributed by atoms with Gasteiger partial charge in [-0.15, -0.1) is 0 Å². The Labute approximate surface area is 83.3 Å². The van der Waals surface area contributed by atoms with E-state index in [0.29, 0.717) is 19.0 Å². The van der Waals surface area contributed by atoms with Gasteiger partial charge in [-0.1, -0.05) is 0 Å². The van der Waals surface area contributed by atoms with Crippen molar-refractivity contribution >= 4 is 5.82 Å². The van der Waals surface area contributed by atoms with Crippen molar-refractivity contribution in [2.24, 2.45) is 0 Å². The molecule has 4 heteroatoms. The lowest BCUT2D eigenvalue weighted by molar-refractivity contribution is 0.0855. The summed E-state index contributed by atoms with van der Waals surface area (Å²) in [5.41, 5.74) is 0. The maximum absolute atomic E-state index is 12.5. The topological polar surface area (TPSA) is 34.1 Å². The molecule has 1 unspecified atom stereocenters. The predicted octanol–water partition coefficient (Wildman–Crippen LogP) is 2.06. The first-order chi connectivity index (χ1) is 6.72. The van der Waals surface area contributed by atoms with Crippen LogP contribution in [-0.2, 0) is 4.74 Å². The smallest absolute Gasteiger partial charge is 0.141 e. The highest BCUT2D eigenvalue weighted by atomic mass is 19.1. The number of hydrogen-bond acceptors (Lipinski definition) is 3. The van der Waals surface area contributed by atoms with Crippen LogP contribution in [-0.4, -0.2) is 24.2 Å². The molecule has 1 atom stereocenters. The van der Waals surface area contributed by atoms with Crippen molar-refractivity contribution in [3.63, 3.8) is 0 Å². The molecule has 1 rings (SSSR count). The second kappa shape index (κ2) is 5.54. The van der Waals surface area contributed by atoms with Crippen LogP contribution in [0, 0.1) is 5.82 Å². The van der Waals surface area contributed by atoms with E-state index in [0.717, 1.165) is 0 Å². The molecule has 1 aromatic rings. The Bertz CT molecular complexity index is 263. The third-order valence-corrected chi connectivity index (χ3v) is 1.75.